The van der Waals surface area contributed by atoms with Gasteiger partial charge in [-0.3, -0.25) is 9.78 Å². The fourth-order valence-electron chi connectivity index (χ4n) is 1.69. The summed E-state index contributed by atoms with van der Waals surface area (Å²) >= 11 is 1.43. The summed E-state index contributed by atoms with van der Waals surface area (Å²) in [4.78, 5) is 23.1. The predicted octanol–water partition coefficient (Wildman–Crippen LogP) is 2.36. The second-order valence-corrected chi connectivity index (χ2v) is 4.63. The van der Waals surface area contributed by atoms with Crippen LogP contribution in [0.4, 0.5) is 0 Å². The summed E-state index contributed by atoms with van der Waals surface area (Å²) in [7, 11) is 0. The second kappa shape index (κ2) is 3.78. The zero-order valence-electron chi connectivity index (χ0n) is 9.10. The number of nitrogens with one attached hydrogen (secondary N) is 1. The maximum absolute atomic E-state index is 11.9. The van der Waals surface area contributed by atoms with E-state index in [9.17, 15) is 4.79 Å². The standard InChI is InChI=1S/C12H9N3OS/c1-7-6-17-10-9(7)14-11(15-12(10)16)8-2-4-13-5-3-8/h2-6H,1H3,(H,14,15,16). The first-order valence-corrected chi connectivity index (χ1v) is 6.02. The first-order valence-electron chi connectivity index (χ1n) is 5.14. The van der Waals surface area contributed by atoms with Crippen LogP contribution in [0, 0.1) is 6.92 Å². The van der Waals surface area contributed by atoms with E-state index in [1.807, 2.05) is 24.4 Å². The maximum Gasteiger partial charge on any atom is 0.269 e. The van der Waals surface area contributed by atoms with Gasteiger partial charge in [-0.2, -0.15) is 0 Å². The Morgan fingerprint density at radius 2 is 2.06 bits per heavy atom. The second-order valence-electron chi connectivity index (χ2n) is 3.75. The number of hydrogen-bond acceptors (Lipinski definition) is 4. The monoisotopic (exact) mass is 243 g/mol. The van der Waals surface area contributed by atoms with Crippen LogP contribution in [0.3, 0.4) is 0 Å². The van der Waals surface area contributed by atoms with E-state index in [-0.39, 0.29) is 5.56 Å². The zero-order valence-corrected chi connectivity index (χ0v) is 9.91. The molecule has 17 heavy (non-hydrogen) atoms. The first kappa shape index (κ1) is 10.2. The van der Waals surface area contributed by atoms with Crippen LogP contribution < -0.4 is 5.56 Å². The fraction of sp³-hybridized carbons (Fsp3) is 0.0833. The number of aromatic amines is 1. The zero-order chi connectivity index (χ0) is 11.8. The van der Waals surface area contributed by atoms with Gasteiger partial charge in [0.1, 0.15) is 10.5 Å². The number of hydrogen-bond donors (Lipinski definition) is 1. The molecule has 0 fully saturated rings. The highest BCUT2D eigenvalue weighted by Gasteiger charge is 2.09. The van der Waals surface area contributed by atoms with Gasteiger partial charge in [0.05, 0.1) is 5.52 Å². The van der Waals surface area contributed by atoms with Gasteiger partial charge in [-0.05, 0) is 30.0 Å². The summed E-state index contributed by atoms with van der Waals surface area (Å²) in [5, 5.41) is 1.95. The molecular weight excluding hydrogens is 234 g/mol. The van der Waals surface area contributed by atoms with E-state index in [4.69, 9.17) is 0 Å². The van der Waals surface area contributed by atoms with E-state index in [0.29, 0.717) is 10.5 Å². The van der Waals surface area contributed by atoms with Crippen LogP contribution in [0.1, 0.15) is 5.56 Å². The molecule has 3 aromatic rings. The van der Waals surface area contributed by atoms with Crippen molar-refractivity contribution < 1.29 is 0 Å². The molecule has 3 heterocycles. The Labute approximate surface area is 101 Å². The van der Waals surface area contributed by atoms with Crippen molar-refractivity contribution in [2.75, 3.05) is 0 Å². The lowest BCUT2D eigenvalue weighted by Gasteiger charge is -2.00. The summed E-state index contributed by atoms with van der Waals surface area (Å²) < 4.78 is 0.681. The number of aryl methyl sites for hydroxylation is 1. The van der Waals surface area contributed by atoms with Crippen molar-refractivity contribution in [1.29, 1.82) is 0 Å². The summed E-state index contributed by atoms with van der Waals surface area (Å²) in [6.07, 6.45) is 3.36. The summed E-state index contributed by atoms with van der Waals surface area (Å²) in [5.74, 6) is 0.589. The fourth-order valence-corrected chi connectivity index (χ4v) is 2.57. The molecule has 4 nitrogen and oxygen atoms in total. The Kier molecular flexibility index (Phi) is 2.26. The Morgan fingerprint density at radius 3 is 2.82 bits per heavy atom. The van der Waals surface area contributed by atoms with Crippen LogP contribution in [-0.4, -0.2) is 15.0 Å². The van der Waals surface area contributed by atoms with Gasteiger partial charge in [-0.1, -0.05) is 0 Å². The van der Waals surface area contributed by atoms with Crippen LogP contribution in [0.2, 0.25) is 0 Å². The number of rotatable bonds is 1. The molecular formula is C12H9N3OS. The minimum atomic E-state index is -0.0834. The highest BCUT2D eigenvalue weighted by Crippen LogP contribution is 2.22. The molecule has 3 rings (SSSR count). The summed E-state index contributed by atoms with van der Waals surface area (Å²) in [6.45, 7) is 1.96. The molecule has 0 unspecified atom stereocenters. The first-order chi connectivity index (χ1) is 8.25. The molecule has 3 aromatic heterocycles. The Hall–Kier alpha value is -2.01. The van der Waals surface area contributed by atoms with E-state index in [2.05, 4.69) is 15.0 Å². The van der Waals surface area contributed by atoms with Gasteiger partial charge in [-0.25, -0.2) is 4.98 Å². The van der Waals surface area contributed by atoms with Gasteiger partial charge in [-0.15, -0.1) is 11.3 Å². The molecule has 0 aliphatic rings. The lowest BCUT2D eigenvalue weighted by molar-refractivity contribution is 1.17. The van der Waals surface area contributed by atoms with Gasteiger partial charge in [0.25, 0.3) is 5.56 Å². The molecule has 0 amide bonds. The number of nitrogens with zero attached hydrogens (tertiary/aromatic N) is 2. The molecule has 0 atom stereocenters. The van der Waals surface area contributed by atoms with E-state index in [0.717, 1.165) is 16.6 Å². The number of thiophene rings is 1. The van der Waals surface area contributed by atoms with Crippen LogP contribution in [0.25, 0.3) is 21.6 Å². The molecule has 0 aliphatic carbocycles. The molecule has 0 aliphatic heterocycles. The lowest BCUT2D eigenvalue weighted by atomic mass is 10.2. The SMILES string of the molecule is Cc1csc2c(=O)[nH]c(-c3ccncc3)nc12. The molecule has 0 bridgehead atoms. The predicted molar refractivity (Wildman–Crippen MR) is 68.2 cm³/mol. The van der Waals surface area contributed by atoms with E-state index in [1.165, 1.54) is 11.3 Å². The van der Waals surface area contributed by atoms with Gasteiger partial charge in [0, 0.05) is 18.0 Å². The Morgan fingerprint density at radius 1 is 1.29 bits per heavy atom. The quantitative estimate of drug-likeness (QED) is 0.713. The van der Waals surface area contributed by atoms with Crippen molar-refractivity contribution >= 4 is 21.6 Å². The molecule has 0 radical (unpaired) electrons. The van der Waals surface area contributed by atoms with Crippen LogP contribution in [-0.2, 0) is 0 Å². The minimum Gasteiger partial charge on any atom is -0.305 e. The van der Waals surface area contributed by atoms with E-state index in [1.54, 1.807) is 12.4 Å². The highest BCUT2D eigenvalue weighted by atomic mass is 32.1. The third-order valence-corrected chi connectivity index (χ3v) is 3.64. The number of aromatic nitrogens is 3. The molecule has 0 aromatic carbocycles. The normalized spacial score (nSPS) is 10.9. The van der Waals surface area contributed by atoms with E-state index >= 15 is 0 Å². The van der Waals surface area contributed by atoms with Gasteiger partial charge >= 0.3 is 0 Å². The van der Waals surface area contributed by atoms with Crippen LogP contribution >= 0.6 is 11.3 Å². The molecule has 0 spiro atoms. The van der Waals surface area contributed by atoms with Crippen molar-refractivity contribution in [3.63, 3.8) is 0 Å². The van der Waals surface area contributed by atoms with Gasteiger partial charge in [0.15, 0.2) is 0 Å². The topological polar surface area (TPSA) is 58.6 Å². The van der Waals surface area contributed by atoms with Gasteiger partial charge < -0.3 is 4.98 Å². The number of pyridine rings is 1. The molecule has 0 saturated carbocycles. The lowest BCUT2D eigenvalue weighted by Crippen LogP contribution is -2.07. The van der Waals surface area contributed by atoms with E-state index < -0.39 is 0 Å². The van der Waals surface area contributed by atoms with Crippen molar-refractivity contribution in [3.8, 4) is 11.4 Å². The summed E-state index contributed by atoms with van der Waals surface area (Å²) in [6, 6.07) is 3.65. The van der Waals surface area contributed by atoms with Crippen molar-refractivity contribution in [2.24, 2.45) is 0 Å². The third-order valence-electron chi connectivity index (χ3n) is 2.56. The number of fused-ring (bicyclic) bond motifs is 1. The molecule has 84 valence electrons. The average molecular weight is 243 g/mol. The Bertz CT molecular complexity index is 730. The Balaban J connectivity index is 2.32. The third kappa shape index (κ3) is 1.64. The largest absolute Gasteiger partial charge is 0.305 e. The van der Waals surface area contributed by atoms with Crippen LogP contribution in [0.5, 0.6) is 0 Å². The molecule has 5 heteroatoms. The van der Waals surface area contributed by atoms with Crippen molar-refractivity contribution in [1.82, 2.24) is 15.0 Å². The smallest absolute Gasteiger partial charge is 0.269 e. The number of H-pyrrole nitrogens is 1. The van der Waals surface area contributed by atoms with Crippen molar-refractivity contribution in [3.05, 3.63) is 45.8 Å². The van der Waals surface area contributed by atoms with Crippen molar-refractivity contribution in [2.45, 2.75) is 6.92 Å². The van der Waals surface area contributed by atoms with Crippen LogP contribution in [0.15, 0.2) is 34.7 Å². The molecule has 1 N–H and O–H groups in total. The molecule has 0 saturated heterocycles. The highest BCUT2D eigenvalue weighted by molar-refractivity contribution is 7.17. The maximum atomic E-state index is 11.9. The minimum absolute atomic E-state index is 0.0834. The summed E-state index contributed by atoms with van der Waals surface area (Å²) in [5.41, 5.74) is 2.60. The van der Waals surface area contributed by atoms with Gasteiger partial charge in [0.2, 0.25) is 0 Å². The average Bonchev–Trinajstić information content (AvgIpc) is 2.73.